The molecule has 1 saturated heterocycles. The molecule has 0 bridgehead atoms. The van der Waals surface area contributed by atoms with Crippen molar-refractivity contribution in [3.63, 3.8) is 0 Å². The normalized spacial score (nSPS) is 18.1. The molecule has 0 aromatic heterocycles. The summed E-state index contributed by atoms with van der Waals surface area (Å²) >= 11 is 0. The highest BCUT2D eigenvalue weighted by atomic mass is 16.6. The zero-order valence-corrected chi connectivity index (χ0v) is 15.0. The molecule has 7 heteroatoms. The van der Waals surface area contributed by atoms with Crippen molar-refractivity contribution in [2.75, 3.05) is 13.2 Å². The van der Waals surface area contributed by atoms with E-state index >= 15 is 0 Å². The monoisotopic (exact) mass is 356 g/mol. The molecule has 1 rings (SSSR count). The van der Waals surface area contributed by atoms with Crippen molar-refractivity contribution in [1.29, 1.82) is 0 Å². The highest BCUT2D eigenvalue weighted by molar-refractivity contribution is 5.91. The van der Waals surface area contributed by atoms with Crippen LogP contribution in [-0.4, -0.2) is 47.9 Å². The van der Waals surface area contributed by atoms with Crippen LogP contribution in [0.2, 0.25) is 0 Å². The van der Waals surface area contributed by atoms with E-state index < -0.39 is 23.5 Å². The Bertz CT molecular complexity index is 496. The summed E-state index contributed by atoms with van der Waals surface area (Å²) in [5, 5.41) is 8.69. The summed E-state index contributed by atoms with van der Waals surface area (Å²) in [4.78, 5) is 35.3. The number of rotatable bonds is 13. The van der Waals surface area contributed by atoms with Crippen LogP contribution < -0.4 is 0 Å². The molecule has 2 unspecified atom stereocenters. The average Bonchev–Trinajstić information content (AvgIpc) is 3.36. The van der Waals surface area contributed by atoms with E-state index in [4.69, 9.17) is 19.3 Å². The van der Waals surface area contributed by atoms with Crippen LogP contribution in [0.25, 0.3) is 0 Å². The maximum atomic E-state index is 12.6. The van der Waals surface area contributed by atoms with Crippen LogP contribution in [-0.2, 0) is 28.6 Å². The third-order valence-electron chi connectivity index (χ3n) is 3.94. The highest BCUT2D eigenvalue weighted by Gasteiger charge is 2.43. The fraction of sp³-hybridized carbons (Fsp3) is 0.722. The van der Waals surface area contributed by atoms with Crippen LogP contribution in [0.3, 0.4) is 0 Å². The van der Waals surface area contributed by atoms with Crippen LogP contribution in [0, 0.1) is 0 Å². The van der Waals surface area contributed by atoms with Gasteiger partial charge in [0.25, 0.3) is 0 Å². The van der Waals surface area contributed by atoms with Gasteiger partial charge in [0.2, 0.25) is 5.60 Å². The van der Waals surface area contributed by atoms with E-state index in [9.17, 15) is 14.4 Å². The molecule has 25 heavy (non-hydrogen) atoms. The maximum absolute atomic E-state index is 12.6. The standard InChI is InChI=1S/C18H28O7/c1-4-9-18(25-16(21)13(2)3,10-7-5-6-8-15(19)20)17(22)24-12-14-11-23-14/h14H,2,4-12H2,1,3H3,(H,19,20). The number of unbranched alkanes of at least 4 members (excludes halogenated alkanes) is 2. The fourth-order valence-electron chi connectivity index (χ4n) is 2.47. The van der Waals surface area contributed by atoms with Crippen molar-refractivity contribution < 1.29 is 33.7 Å². The van der Waals surface area contributed by atoms with Gasteiger partial charge in [0.15, 0.2) is 0 Å². The van der Waals surface area contributed by atoms with Crippen molar-refractivity contribution in [2.24, 2.45) is 0 Å². The number of carboxylic acids is 1. The summed E-state index contributed by atoms with van der Waals surface area (Å²) in [6.45, 7) is 7.69. The third-order valence-corrected chi connectivity index (χ3v) is 3.94. The maximum Gasteiger partial charge on any atom is 0.350 e. The molecule has 7 nitrogen and oxygen atoms in total. The number of hydrogen-bond donors (Lipinski definition) is 1. The molecule has 1 aliphatic heterocycles. The fourth-order valence-corrected chi connectivity index (χ4v) is 2.47. The summed E-state index contributed by atoms with van der Waals surface area (Å²) in [5.74, 6) is -2.05. The van der Waals surface area contributed by atoms with E-state index in [0.29, 0.717) is 45.1 Å². The third kappa shape index (κ3) is 7.69. The minimum Gasteiger partial charge on any atom is -0.481 e. The number of carbonyl (C=O) groups is 3. The van der Waals surface area contributed by atoms with Crippen molar-refractivity contribution in [3.8, 4) is 0 Å². The van der Waals surface area contributed by atoms with Gasteiger partial charge >= 0.3 is 17.9 Å². The molecule has 1 aliphatic rings. The zero-order valence-electron chi connectivity index (χ0n) is 15.0. The lowest BCUT2D eigenvalue weighted by molar-refractivity contribution is -0.183. The lowest BCUT2D eigenvalue weighted by Gasteiger charge is -2.31. The van der Waals surface area contributed by atoms with Gasteiger partial charge in [-0.15, -0.1) is 0 Å². The van der Waals surface area contributed by atoms with E-state index in [0.717, 1.165) is 0 Å². The molecule has 0 spiro atoms. The van der Waals surface area contributed by atoms with E-state index in [1.807, 2.05) is 6.92 Å². The molecule has 2 atom stereocenters. The van der Waals surface area contributed by atoms with Crippen molar-refractivity contribution >= 4 is 17.9 Å². The molecule has 1 fully saturated rings. The Hall–Kier alpha value is -1.89. The van der Waals surface area contributed by atoms with Crippen molar-refractivity contribution in [1.82, 2.24) is 0 Å². The topological polar surface area (TPSA) is 102 Å². The van der Waals surface area contributed by atoms with Gasteiger partial charge in [-0.3, -0.25) is 4.79 Å². The molecule has 0 aromatic carbocycles. The van der Waals surface area contributed by atoms with Crippen LogP contribution in [0.4, 0.5) is 0 Å². The predicted molar refractivity (Wildman–Crippen MR) is 90.0 cm³/mol. The summed E-state index contributed by atoms with van der Waals surface area (Å²) in [5.41, 5.74) is -1.15. The van der Waals surface area contributed by atoms with Crippen LogP contribution in [0.5, 0.6) is 0 Å². The van der Waals surface area contributed by atoms with Crippen LogP contribution in [0.1, 0.15) is 58.8 Å². The first-order valence-corrected chi connectivity index (χ1v) is 8.70. The summed E-state index contributed by atoms with van der Waals surface area (Å²) < 4.78 is 15.8. The molecule has 0 radical (unpaired) electrons. The number of carboxylic acid groups (broad SMARTS) is 1. The lowest BCUT2D eigenvalue weighted by Crippen LogP contribution is -2.45. The smallest absolute Gasteiger partial charge is 0.350 e. The van der Waals surface area contributed by atoms with Gasteiger partial charge in [0.05, 0.1) is 6.61 Å². The van der Waals surface area contributed by atoms with Gasteiger partial charge in [0.1, 0.15) is 12.7 Å². The summed E-state index contributed by atoms with van der Waals surface area (Å²) in [7, 11) is 0. The molecule has 0 saturated carbocycles. The second-order valence-corrected chi connectivity index (χ2v) is 6.42. The van der Waals surface area contributed by atoms with E-state index in [1.54, 1.807) is 0 Å². The molecule has 0 aliphatic carbocycles. The SMILES string of the molecule is C=C(C)C(=O)OC(CCC)(CCCCCC(=O)O)C(=O)OCC1CO1. The second kappa shape index (κ2) is 10.2. The largest absolute Gasteiger partial charge is 0.481 e. The van der Waals surface area contributed by atoms with Gasteiger partial charge < -0.3 is 19.3 Å². The first-order valence-electron chi connectivity index (χ1n) is 8.70. The van der Waals surface area contributed by atoms with E-state index in [2.05, 4.69) is 6.58 Å². The summed E-state index contributed by atoms with van der Waals surface area (Å²) in [6, 6.07) is 0. The Morgan fingerprint density at radius 2 is 1.92 bits per heavy atom. The Kier molecular flexibility index (Phi) is 8.61. The molecule has 1 N–H and O–H groups in total. The quantitative estimate of drug-likeness (QED) is 0.234. The predicted octanol–water partition coefficient (Wildman–Crippen LogP) is 2.62. The highest BCUT2D eigenvalue weighted by Crippen LogP contribution is 2.29. The van der Waals surface area contributed by atoms with Gasteiger partial charge in [-0.05, 0) is 32.6 Å². The Balaban J connectivity index is 2.74. The minimum absolute atomic E-state index is 0.0734. The number of ether oxygens (including phenoxy) is 3. The number of epoxide rings is 1. The molecular formula is C18H28O7. The average molecular weight is 356 g/mol. The van der Waals surface area contributed by atoms with Gasteiger partial charge in [-0.1, -0.05) is 26.3 Å². The van der Waals surface area contributed by atoms with E-state index in [-0.39, 0.29) is 24.7 Å². The van der Waals surface area contributed by atoms with Crippen LogP contribution in [0.15, 0.2) is 12.2 Å². The Morgan fingerprint density at radius 3 is 2.44 bits per heavy atom. The number of carbonyl (C=O) groups excluding carboxylic acids is 2. The molecular weight excluding hydrogens is 328 g/mol. The second-order valence-electron chi connectivity index (χ2n) is 6.42. The minimum atomic E-state index is -1.36. The Labute approximate surface area is 148 Å². The number of aliphatic carboxylic acids is 1. The number of esters is 2. The zero-order chi connectivity index (χ0) is 18.9. The van der Waals surface area contributed by atoms with Gasteiger partial charge in [0, 0.05) is 12.0 Å². The Morgan fingerprint density at radius 1 is 1.24 bits per heavy atom. The molecule has 1 heterocycles. The summed E-state index contributed by atoms with van der Waals surface area (Å²) in [6.07, 6.45) is 2.97. The first-order chi connectivity index (χ1) is 11.8. The van der Waals surface area contributed by atoms with Crippen molar-refractivity contribution in [2.45, 2.75) is 70.5 Å². The first kappa shape index (κ1) is 21.2. The molecule has 0 aromatic rings. The molecule has 142 valence electrons. The van der Waals surface area contributed by atoms with Gasteiger partial charge in [-0.2, -0.15) is 0 Å². The van der Waals surface area contributed by atoms with Crippen LogP contribution >= 0.6 is 0 Å². The van der Waals surface area contributed by atoms with Crippen molar-refractivity contribution in [3.05, 3.63) is 12.2 Å². The number of hydrogen-bond acceptors (Lipinski definition) is 6. The van der Waals surface area contributed by atoms with E-state index in [1.165, 1.54) is 6.92 Å². The van der Waals surface area contributed by atoms with Gasteiger partial charge in [-0.25, -0.2) is 9.59 Å². The molecule has 0 amide bonds. The lowest BCUT2D eigenvalue weighted by atomic mass is 9.90.